The fourth-order valence-electron chi connectivity index (χ4n) is 7.56. The van der Waals surface area contributed by atoms with E-state index < -0.39 is 0 Å². The van der Waals surface area contributed by atoms with Crippen molar-refractivity contribution < 1.29 is 4.42 Å². The number of aromatic nitrogens is 1. The van der Waals surface area contributed by atoms with Crippen LogP contribution in [0.4, 0.5) is 17.1 Å². The highest BCUT2D eigenvalue weighted by Crippen LogP contribution is 2.45. The second kappa shape index (κ2) is 11.0. The standard InChI is InChI=1S/C46H30N2O/c1-3-15-34(16-4-1)47(36-27-25-31-13-7-8-14-32(31)29-36)42-23-11-21-40-45-37(20-12-24-44(45)49-46(40)42)33-26-28-39-38-19-9-10-22-41(38)48(43(39)30-33)35-17-5-2-6-18-35/h1-30H. The second-order valence-corrected chi connectivity index (χ2v) is 12.6. The molecular weight excluding hydrogens is 597 g/mol. The molecule has 0 radical (unpaired) electrons. The van der Waals surface area contributed by atoms with Crippen molar-refractivity contribution in [2.75, 3.05) is 4.90 Å². The average Bonchev–Trinajstić information content (AvgIpc) is 3.72. The normalized spacial score (nSPS) is 11.7. The van der Waals surface area contributed by atoms with Gasteiger partial charge in [0.15, 0.2) is 5.58 Å². The van der Waals surface area contributed by atoms with Crippen molar-refractivity contribution >= 4 is 71.6 Å². The maximum absolute atomic E-state index is 6.84. The van der Waals surface area contributed by atoms with Crippen LogP contribution in [0.25, 0.3) is 71.3 Å². The highest BCUT2D eigenvalue weighted by Gasteiger charge is 2.21. The van der Waals surface area contributed by atoms with Crippen LogP contribution in [0.5, 0.6) is 0 Å². The monoisotopic (exact) mass is 626 g/mol. The summed E-state index contributed by atoms with van der Waals surface area (Å²) in [7, 11) is 0. The maximum Gasteiger partial charge on any atom is 0.159 e. The molecule has 3 heteroatoms. The van der Waals surface area contributed by atoms with Crippen molar-refractivity contribution in [3.63, 3.8) is 0 Å². The molecule has 49 heavy (non-hydrogen) atoms. The van der Waals surface area contributed by atoms with E-state index in [1.165, 1.54) is 32.6 Å². The van der Waals surface area contributed by atoms with E-state index in [1.54, 1.807) is 0 Å². The lowest BCUT2D eigenvalue weighted by molar-refractivity contribution is 0.669. The number of furan rings is 1. The first-order valence-electron chi connectivity index (χ1n) is 16.7. The second-order valence-electron chi connectivity index (χ2n) is 12.6. The third-order valence-electron chi connectivity index (χ3n) is 9.75. The zero-order chi connectivity index (χ0) is 32.3. The Morgan fingerprint density at radius 2 is 1.16 bits per heavy atom. The predicted octanol–water partition coefficient (Wildman–Crippen LogP) is 13.0. The molecule has 0 N–H and O–H groups in total. The molecule has 0 unspecified atom stereocenters. The zero-order valence-corrected chi connectivity index (χ0v) is 26.6. The van der Waals surface area contributed by atoms with Gasteiger partial charge in [0.25, 0.3) is 0 Å². The van der Waals surface area contributed by atoms with Gasteiger partial charge < -0.3 is 13.9 Å². The molecule has 0 amide bonds. The summed E-state index contributed by atoms with van der Waals surface area (Å²) in [5.74, 6) is 0. The molecule has 2 heterocycles. The number of nitrogens with zero attached hydrogens (tertiary/aromatic N) is 2. The van der Waals surface area contributed by atoms with E-state index in [9.17, 15) is 0 Å². The fourth-order valence-corrected chi connectivity index (χ4v) is 7.56. The molecular formula is C46H30N2O. The molecule has 0 bridgehead atoms. The van der Waals surface area contributed by atoms with Crippen LogP contribution in [-0.4, -0.2) is 4.57 Å². The van der Waals surface area contributed by atoms with Crippen molar-refractivity contribution in [1.82, 2.24) is 4.57 Å². The van der Waals surface area contributed by atoms with Gasteiger partial charge in [0, 0.05) is 38.6 Å². The van der Waals surface area contributed by atoms with Crippen LogP contribution >= 0.6 is 0 Å². The molecule has 8 aromatic carbocycles. The zero-order valence-electron chi connectivity index (χ0n) is 26.6. The maximum atomic E-state index is 6.84. The van der Waals surface area contributed by atoms with Crippen molar-refractivity contribution in [2.45, 2.75) is 0 Å². The molecule has 0 saturated heterocycles. The summed E-state index contributed by atoms with van der Waals surface area (Å²) in [5, 5.41) is 7.11. The number of para-hydroxylation sites is 4. The molecule has 10 rings (SSSR count). The Balaban J connectivity index is 1.20. The fraction of sp³-hybridized carbons (Fsp3) is 0. The van der Waals surface area contributed by atoms with E-state index in [1.807, 2.05) is 0 Å². The summed E-state index contributed by atoms with van der Waals surface area (Å²) in [6.07, 6.45) is 0. The Hall–Kier alpha value is -6.58. The first-order valence-corrected chi connectivity index (χ1v) is 16.7. The molecule has 230 valence electrons. The predicted molar refractivity (Wildman–Crippen MR) is 206 cm³/mol. The summed E-state index contributed by atoms with van der Waals surface area (Å²) in [4.78, 5) is 2.31. The summed E-state index contributed by atoms with van der Waals surface area (Å²) >= 11 is 0. The van der Waals surface area contributed by atoms with E-state index in [4.69, 9.17) is 4.42 Å². The number of fused-ring (bicyclic) bond motifs is 7. The third kappa shape index (κ3) is 4.37. The van der Waals surface area contributed by atoms with E-state index in [-0.39, 0.29) is 0 Å². The molecule has 0 atom stereocenters. The Morgan fingerprint density at radius 1 is 0.449 bits per heavy atom. The number of hydrogen-bond acceptors (Lipinski definition) is 2. The molecule has 0 aliphatic rings. The van der Waals surface area contributed by atoms with Crippen molar-refractivity contribution in [3.05, 3.63) is 182 Å². The molecule has 0 saturated carbocycles. The molecule has 2 aromatic heterocycles. The highest BCUT2D eigenvalue weighted by molar-refractivity contribution is 6.17. The Morgan fingerprint density at radius 3 is 2.04 bits per heavy atom. The quantitative estimate of drug-likeness (QED) is 0.190. The van der Waals surface area contributed by atoms with Crippen LogP contribution in [-0.2, 0) is 0 Å². The third-order valence-corrected chi connectivity index (χ3v) is 9.75. The lowest BCUT2D eigenvalue weighted by Crippen LogP contribution is -2.10. The van der Waals surface area contributed by atoms with E-state index in [0.29, 0.717) is 0 Å². The summed E-state index contributed by atoms with van der Waals surface area (Å²) in [6, 6.07) is 64.8. The average molecular weight is 627 g/mol. The largest absolute Gasteiger partial charge is 0.454 e. The van der Waals surface area contributed by atoms with Crippen LogP contribution in [0.1, 0.15) is 0 Å². The minimum absolute atomic E-state index is 0.862. The van der Waals surface area contributed by atoms with Crippen LogP contribution in [0.2, 0.25) is 0 Å². The first kappa shape index (κ1) is 27.5. The van der Waals surface area contributed by atoms with Crippen LogP contribution in [0, 0.1) is 0 Å². The molecule has 0 fully saturated rings. The minimum atomic E-state index is 0.862. The van der Waals surface area contributed by atoms with Gasteiger partial charge in [0.1, 0.15) is 5.58 Å². The van der Waals surface area contributed by atoms with Gasteiger partial charge in [-0.2, -0.15) is 0 Å². The van der Waals surface area contributed by atoms with Gasteiger partial charge in [0.2, 0.25) is 0 Å². The Labute approximate surface area is 283 Å². The smallest absolute Gasteiger partial charge is 0.159 e. The summed E-state index contributed by atoms with van der Waals surface area (Å²) in [6.45, 7) is 0. The van der Waals surface area contributed by atoms with E-state index >= 15 is 0 Å². The van der Waals surface area contributed by atoms with Crippen LogP contribution in [0.3, 0.4) is 0 Å². The Kier molecular flexibility index (Phi) is 6.18. The molecule has 10 aromatic rings. The number of benzene rings is 8. The van der Waals surface area contributed by atoms with Crippen molar-refractivity contribution in [1.29, 1.82) is 0 Å². The SMILES string of the molecule is c1ccc(N(c2ccc3ccccc3c2)c2cccc3c2oc2cccc(-c4ccc5c6ccccc6n(-c6ccccc6)c5c4)c23)cc1. The molecule has 0 spiro atoms. The number of anilines is 3. The molecule has 0 aliphatic heterocycles. The first-order chi connectivity index (χ1) is 24.3. The summed E-state index contributed by atoms with van der Waals surface area (Å²) in [5.41, 5.74) is 10.7. The lowest BCUT2D eigenvalue weighted by atomic mass is 9.98. The van der Waals surface area contributed by atoms with Gasteiger partial charge >= 0.3 is 0 Å². The van der Waals surface area contributed by atoms with Gasteiger partial charge in [-0.3, -0.25) is 0 Å². The van der Waals surface area contributed by atoms with Gasteiger partial charge in [-0.15, -0.1) is 0 Å². The van der Waals surface area contributed by atoms with Crippen LogP contribution < -0.4 is 4.90 Å². The van der Waals surface area contributed by atoms with Gasteiger partial charge in [-0.1, -0.05) is 121 Å². The Bertz CT molecular complexity index is 2830. The highest BCUT2D eigenvalue weighted by atomic mass is 16.3. The lowest BCUT2D eigenvalue weighted by Gasteiger charge is -2.25. The topological polar surface area (TPSA) is 21.3 Å². The summed E-state index contributed by atoms with van der Waals surface area (Å²) < 4.78 is 9.22. The van der Waals surface area contributed by atoms with Gasteiger partial charge in [0.05, 0.1) is 16.7 Å². The molecule has 0 aliphatic carbocycles. The number of rotatable bonds is 5. The van der Waals surface area contributed by atoms with Crippen molar-refractivity contribution in [2.24, 2.45) is 0 Å². The van der Waals surface area contributed by atoms with Gasteiger partial charge in [-0.25, -0.2) is 0 Å². The minimum Gasteiger partial charge on any atom is -0.454 e. The molecule has 3 nitrogen and oxygen atoms in total. The van der Waals surface area contributed by atoms with Crippen molar-refractivity contribution in [3.8, 4) is 16.8 Å². The van der Waals surface area contributed by atoms with E-state index in [2.05, 4.69) is 191 Å². The van der Waals surface area contributed by atoms with Gasteiger partial charge in [-0.05, 0) is 82.6 Å². The van der Waals surface area contributed by atoms with E-state index in [0.717, 1.165) is 55.8 Å². The number of hydrogen-bond donors (Lipinski definition) is 0. The van der Waals surface area contributed by atoms with Crippen LogP contribution in [0.15, 0.2) is 186 Å².